The average Bonchev–Trinajstić information content (AvgIpc) is 2.86. The highest BCUT2D eigenvalue weighted by atomic mass is 19.1. The first-order valence-electron chi connectivity index (χ1n) is 6.87. The molecule has 4 heteroatoms. The number of halogens is 1. The number of hydrogen-bond acceptors (Lipinski definition) is 2. The van der Waals surface area contributed by atoms with Gasteiger partial charge < -0.3 is 14.4 Å². The van der Waals surface area contributed by atoms with Crippen molar-refractivity contribution in [3.8, 4) is 11.5 Å². The molecule has 3 rings (SSSR count). The van der Waals surface area contributed by atoms with Crippen LogP contribution in [0.2, 0.25) is 0 Å². The summed E-state index contributed by atoms with van der Waals surface area (Å²) in [5.41, 5.74) is 1.69. The molecule has 1 aromatic heterocycles. The highest BCUT2D eigenvalue weighted by Crippen LogP contribution is 2.26. The molecule has 0 amide bonds. The second-order valence-electron chi connectivity index (χ2n) is 4.86. The van der Waals surface area contributed by atoms with Gasteiger partial charge in [-0.15, -0.1) is 0 Å². The molecule has 0 aliphatic heterocycles. The molecule has 3 aromatic rings. The van der Waals surface area contributed by atoms with Gasteiger partial charge in [0.05, 0.1) is 5.52 Å². The van der Waals surface area contributed by atoms with Crippen LogP contribution in [0.1, 0.15) is 12.5 Å². The van der Waals surface area contributed by atoms with E-state index in [1.165, 1.54) is 6.07 Å². The largest absolute Gasteiger partial charge is 0.508 e. The van der Waals surface area contributed by atoms with Crippen molar-refractivity contribution in [2.24, 2.45) is 0 Å². The molecule has 0 bridgehead atoms. The highest BCUT2D eigenvalue weighted by molar-refractivity contribution is 5.84. The molecule has 21 heavy (non-hydrogen) atoms. The third-order valence-corrected chi connectivity index (χ3v) is 3.51. The van der Waals surface area contributed by atoms with Crippen LogP contribution in [0, 0.1) is 5.82 Å². The third kappa shape index (κ3) is 2.57. The van der Waals surface area contributed by atoms with Crippen LogP contribution < -0.4 is 4.74 Å². The van der Waals surface area contributed by atoms with Crippen LogP contribution in [0.3, 0.4) is 0 Å². The minimum absolute atomic E-state index is 0.191. The summed E-state index contributed by atoms with van der Waals surface area (Å²) in [6, 6.07) is 11.6. The van der Waals surface area contributed by atoms with Gasteiger partial charge in [-0.05, 0) is 43.3 Å². The monoisotopic (exact) mass is 285 g/mol. The summed E-state index contributed by atoms with van der Waals surface area (Å²) < 4.78 is 21.8. The second-order valence-corrected chi connectivity index (χ2v) is 4.86. The Labute approximate surface area is 122 Å². The topological polar surface area (TPSA) is 34.4 Å². The zero-order valence-electron chi connectivity index (χ0n) is 11.7. The summed E-state index contributed by atoms with van der Waals surface area (Å²) in [5.74, 6) is 0.599. The average molecular weight is 285 g/mol. The molecule has 0 saturated carbocycles. The smallest absolute Gasteiger partial charge is 0.132 e. The second kappa shape index (κ2) is 5.48. The molecular formula is C17H16FNO2. The fourth-order valence-electron chi connectivity index (χ4n) is 2.47. The Morgan fingerprint density at radius 3 is 2.62 bits per heavy atom. The van der Waals surface area contributed by atoms with Crippen LogP contribution in [-0.4, -0.2) is 9.67 Å². The van der Waals surface area contributed by atoms with Gasteiger partial charge in [-0.25, -0.2) is 4.39 Å². The standard InChI is InChI=1S/C17H16FNO2/c1-2-19-10-12(17-15(18)4-3-5-16(17)19)11-21-14-8-6-13(20)7-9-14/h3-10,20H,2,11H2,1H3. The van der Waals surface area contributed by atoms with E-state index >= 15 is 0 Å². The van der Waals surface area contributed by atoms with Crippen molar-refractivity contribution in [2.75, 3.05) is 0 Å². The van der Waals surface area contributed by atoms with E-state index in [1.807, 2.05) is 23.8 Å². The first-order chi connectivity index (χ1) is 10.2. The van der Waals surface area contributed by atoms with Crippen molar-refractivity contribution in [1.82, 2.24) is 4.57 Å². The number of aromatic hydroxyl groups is 1. The molecule has 1 N–H and O–H groups in total. The molecule has 0 saturated heterocycles. The highest BCUT2D eigenvalue weighted by Gasteiger charge is 2.12. The van der Waals surface area contributed by atoms with Gasteiger partial charge in [0, 0.05) is 23.7 Å². The number of phenols is 1. The van der Waals surface area contributed by atoms with E-state index < -0.39 is 0 Å². The van der Waals surface area contributed by atoms with E-state index in [0.29, 0.717) is 11.1 Å². The predicted octanol–water partition coefficient (Wildman–Crippen LogP) is 4.08. The molecule has 0 unspecified atom stereocenters. The Kier molecular flexibility index (Phi) is 3.52. The molecule has 1 heterocycles. The minimum Gasteiger partial charge on any atom is -0.508 e. The SMILES string of the molecule is CCn1cc(COc2ccc(O)cc2)c2c(F)cccc21. The van der Waals surface area contributed by atoms with Gasteiger partial charge in [0.1, 0.15) is 23.9 Å². The summed E-state index contributed by atoms with van der Waals surface area (Å²) in [6.45, 7) is 3.09. The zero-order valence-corrected chi connectivity index (χ0v) is 11.7. The summed E-state index contributed by atoms with van der Waals surface area (Å²) in [7, 11) is 0. The van der Waals surface area contributed by atoms with E-state index in [1.54, 1.807) is 30.3 Å². The molecule has 0 atom stereocenters. The number of aromatic nitrogens is 1. The number of ether oxygens (including phenoxy) is 1. The normalized spacial score (nSPS) is 11.0. The van der Waals surface area contributed by atoms with Crippen molar-refractivity contribution < 1.29 is 14.2 Å². The molecule has 108 valence electrons. The number of rotatable bonds is 4. The Hall–Kier alpha value is -2.49. The van der Waals surface area contributed by atoms with Crippen LogP contribution in [0.4, 0.5) is 4.39 Å². The molecule has 0 spiro atoms. The summed E-state index contributed by atoms with van der Waals surface area (Å²) in [6.07, 6.45) is 1.92. The van der Waals surface area contributed by atoms with Gasteiger partial charge in [-0.3, -0.25) is 0 Å². The fourth-order valence-corrected chi connectivity index (χ4v) is 2.47. The predicted molar refractivity (Wildman–Crippen MR) is 80.0 cm³/mol. The number of phenolic OH excluding ortho intramolecular Hbond substituents is 1. The van der Waals surface area contributed by atoms with E-state index in [0.717, 1.165) is 17.6 Å². The maximum Gasteiger partial charge on any atom is 0.132 e. The lowest BCUT2D eigenvalue weighted by Crippen LogP contribution is -1.95. The Balaban J connectivity index is 1.91. The van der Waals surface area contributed by atoms with Gasteiger partial charge in [-0.1, -0.05) is 6.07 Å². The van der Waals surface area contributed by atoms with Crippen molar-refractivity contribution in [2.45, 2.75) is 20.1 Å². The number of aryl methyl sites for hydroxylation is 1. The summed E-state index contributed by atoms with van der Waals surface area (Å²) >= 11 is 0. The molecule has 0 aliphatic rings. The fraction of sp³-hybridized carbons (Fsp3) is 0.176. The maximum atomic E-state index is 14.1. The summed E-state index contributed by atoms with van der Waals surface area (Å²) in [5, 5.41) is 9.86. The zero-order chi connectivity index (χ0) is 14.8. The first kappa shape index (κ1) is 13.5. The van der Waals surface area contributed by atoms with E-state index in [4.69, 9.17) is 4.74 Å². The van der Waals surface area contributed by atoms with E-state index in [2.05, 4.69) is 0 Å². The van der Waals surface area contributed by atoms with Crippen molar-refractivity contribution in [3.63, 3.8) is 0 Å². The van der Waals surface area contributed by atoms with Crippen molar-refractivity contribution in [3.05, 3.63) is 60.0 Å². The van der Waals surface area contributed by atoms with Crippen LogP contribution >= 0.6 is 0 Å². The van der Waals surface area contributed by atoms with Gasteiger partial charge >= 0.3 is 0 Å². The molecule has 2 aromatic carbocycles. The lowest BCUT2D eigenvalue weighted by atomic mass is 10.2. The Morgan fingerprint density at radius 1 is 1.14 bits per heavy atom. The van der Waals surface area contributed by atoms with Crippen LogP contribution in [-0.2, 0) is 13.2 Å². The van der Waals surface area contributed by atoms with Crippen LogP contribution in [0.5, 0.6) is 11.5 Å². The summed E-state index contributed by atoms with van der Waals surface area (Å²) in [4.78, 5) is 0. The quantitative estimate of drug-likeness (QED) is 0.783. The first-order valence-corrected chi connectivity index (χ1v) is 6.87. The third-order valence-electron chi connectivity index (χ3n) is 3.51. The number of fused-ring (bicyclic) bond motifs is 1. The van der Waals surface area contributed by atoms with Gasteiger partial charge in [0.25, 0.3) is 0 Å². The molecule has 0 fully saturated rings. The van der Waals surface area contributed by atoms with Gasteiger partial charge in [0.15, 0.2) is 0 Å². The Morgan fingerprint density at radius 2 is 1.90 bits per heavy atom. The molecular weight excluding hydrogens is 269 g/mol. The van der Waals surface area contributed by atoms with E-state index in [9.17, 15) is 9.50 Å². The molecule has 0 aliphatic carbocycles. The minimum atomic E-state index is -0.232. The van der Waals surface area contributed by atoms with Crippen LogP contribution in [0.25, 0.3) is 10.9 Å². The number of hydrogen-bond donors (Lipinski definition) is 1. The number of benzene rings is 2. The lowest BCUT2D eigenvalue weighted by molar-refractivity contribution is 0.306. The van der Waals surface area contributed by atoms with Crippen LogP contribution in [0.15, 0.2) is 48.7 Å². The van der Waals surface area contributed by atoms with Crippen molar-refractivity contribution in [1.29, 1.82) is 0 Å². The van der Waals surface area contributed by atoms with Crippen molar-refractivity contribution >= 4 is 10.9 Å². The molecule has 3 nitrogen and oxygen atoms in total. The van der Waals surface area contributed by atoms with Gasteiger partial charge in [-0.2, -0.15) is 0 Å². The maximum absolute atomic E-state index is 14.1. The number of nitrogens with zero attached hydrogens (tertiary/aromatic N) is 1. The van der Waals surface area contributed by atoms with E-state index in [-0.39, 0.29) is 18.2 Å². The van der Waals surface area contributed by atoms with Gasteiger partial charge in [0.2, 0.25) is 0 Å². The molecule has 0 radical (unpaired) electrons. The Bertz CT molecular complexity index is 762. The lowest BCUT2D eigenvalue weighted by Gasteiger charge is -2.05.